The van der Waals surface area contributed by atoms with Gasteiger partial charge in [-0.1, -0.05) is 49.1 Å². The molecule has 0 saturated carbocycles. The van der Waals surface area contributed by atoms with E-state index in [2.05, 4.69) is 6.58 Å². The highest BCUT2D eigenvalue weighted by Crippen LogP contribution is 2.06. The third kappa shape index (κ3) is 3.26. The van der Waals surface area contributed by atoms with Gasteiger partial charge >= 0.3 is 0 Å². The zero-order valence-corrected chi connectivity index (χ0v) is 7.61. The fourth-order valence-electron chi connectivity index (χ4n) is 1.16. The highest BCUT2D eigenvalue weighted by Gasteiger charge is 1.91. The van der Waals surface area contributed by atoms with E-state index in [-0.39, 0.29) is 6.61 Å². The van der Waals surface area contributed by atoms with Crippen LogP contribution in [0.15, 0.2) is 49.1 Å². The molecule has 0 radical (unpaired) electrons. The summed E-state index contributed by atoms with van der Waals surface area (Å²) in [7, 11) is 0. The number of hydrogen-bond donors (Lipinski definition) is 1. The predicted octanol–water partition coefficient (Wildman–Crippen LogP) is 2.46. The maximum Gasteiger partial charge on any atom is 0.0681 e. The van der Waals surface area contributed by atoms with Gasteiger partial charge in [0.2, 0.25) is 0 Å². The van der Waals surface area contributed by atoms with E-state index >= 15 is 0 Å². The van der Waals surface area contributed by atoms with Gasteiger partial charge in [0.15, 0.2) is 0 Å². The number of aliphatic hydroxyl groups excluding tert-OH is 1. The summed E-state index contributed by atoms with van der Waals surface area (Å²) in [6.45, 7) is 3.71. The first-order valence-corrected chi connectivity index (χ1v) is 4.33. The zero-order valence-electron chi connectivity index (χ0n) is 7.61. The van der Waals surface area contributed by atoms with Crippen LogP contribution in [0.2, 0.25) is 0 Å². The molecule has 0 saturated heterocycles. The van der Waals surface area contributed by atoms with Crippen molar-refractivity contribution in [2.75, 3.05) is 0 Å². The van der Waals surface area contributed by atoms with Crippen LogP contribution in [0.4, 0.5) is 0 Å². The van der Waals surface area contributed by atoms with Gasteiger partial charge in [0.05, 0.1) is 6.61 Å². The highest BCUT2D eigenvalue weighted by atomic mass is 16.3. The number of hydrogen-bond acceptors (Lipinski definition) is 1. The van der Waals surface area contributed by atoms with Gasteiger partial charge < -0.3 is 5.11 Å². The van der Waals surface area contributed by atoms with Crippen LogP contribution in [-0.2, 0) is 13.0 Å². The van der Waals surface area contributed by atoms with Crippen molar-refractivity contribution in [3.05, 3.63) is 60.2 Å². The average Bonchev–Trinajstić information content (AvgIpc) is 2.19. The van der Waals surface area contributed by atoms with Crippen molar-refractivity contribution < 1.29 is 5.11 Å². The topological polar surface area (TPSA) is 20.2 Å². The van der Waals surface area contributed by atoms with Crippen molar-refractivity contribution in [2.24, 2.45) is 0 Å². The quantitative estimate of drug-likeness (QED) is 0.695. The van der Waals surface area contributed by atoms with Gasteiger partial charge in [-0.05, 0) is 17.5 Å². The molecule has 0 aliphatic rings. The maximum atomic E-state index is 8.90. The maximum absolute atomic E-state index is 8.90. The molecule has 0 atom stereocenters. The Bertz CT molecular complexity index is 300. The summed E-state index contributed by atoms with van der Waals surface area (Å²) in [5, 5.41) is 8.90. The predicted molar refractivity (Wildman–Crippen MR) is 55.4 cm³/mol. The second kappa shape index (κ2) is 5.33. The van der Waals surface area contributed by atoms with Gasteiger partial charge in [-0.25, -0.2) is 0 Å². The number of benzene rings is 1. The molecule has 0 aliphatic carbocycles. The molecule has 1 heteroatoms. The Morgan fingerprint density at radius 2 is 2.08 bits per heavy atom. The molecule has 1 aromatic carbocycles. The minimum absolute atomic E-state index is 0.110. The molecule has 0 unspecified atom stereocenters. The Labute approximate surface area is 79.0 Å². The molecule has 0 fully saturated rings. The van der Waals surface area contributed by atoms with Crippen molar-refractivity contribution in [1.29, 1.82) is 0 Å². The van der Waals surface area contributed by atoms with E-state index in [1.54, 1.807) is 6.08 Å². The second-order valence-corrected chi connectivity index (χ2v) is 2.85. The molecular weight excluding hydrogens is 160 g/mol. The lowest BCUT2D eigenvalue weighted by atomic mass is 10.1. The fourth-order valence-corrected chi connectivity index (χ4v) is 1.16. The summed E-state index contributed by atoms with van der Waals surface area (Å²) in [4.78, 5) is 0. The van der Waals surface area contributed by atoms with Crippen molar-refractivity contribution in [2.45, 2.75) is 13.0 Å². The normalized spacial score (nSPS) is 10.5. The molecule has 0 amide bonds. The minimum Gasteiger partial charge on any atom is -0.392 e. The molecule has 1 aromatic rings. The van der Waals surface area contributed by atoms with E-state index in [4.69, 9.17) is 5.11 Å². The molecule has 0 bridgehead atoms. The van der Waals surface area contributed by atoms with Crippen LogP contribution < -0.4 is 0 Å². The standard InChI is InChI=1S/C12H14O/c1-2-3-4-6-11-7-5-8-12(9-11)10-13/h2-5,7-9,13H,1,6,10H2. The third-order valence-electron chi connectivity index (χ3n) is 1.80. The molecular formula is C12H14O. The fraction of sp³-hybridized carbons (Fsp3) is 0.167. The summed E-state index contributed by atoms with van der Waals surface area (Å²) in [6, 6.07) is 7.93. The van der Waals surface area contributed by atoms with Crippen LogP contribution in [-0.4, -0.2) is 5.11 Å². The van der Waals surface area contributed by atoms with Gasteiger partial charge in [-0.2, -0.15) is 0 Å². The van der Waals surface area contributed by atoms with Crippen LogP contribution >= 0.6 is 0 Å². The first-order chi connectivity index (χ1) is 6.36. The van der Waals surface area contributed by atoms with Crippen LogP contribution in [0.1, 0.15) is 11.1 Å². The Balaban J connectivity index is 2.66. The molecule has 0 heterocycles. The van der Waals surface area contributed by atoms with Gasteiger partial charge in [0.1, 0.15) is 0 Å². The van der Waals surface area contributed by atoms with E-state index in [1.807, 2.05) is 36.4 Å². The Morgan fingerprint density at radius 1 is 1.31 bits per heavy atom. The molecule has 13 heavy (non-hydrogen) atoms. The van der Waals surface area contributed by atoms with Gasteiger partial charge in [0.25, 0.3) is 0 Å². The van der Waals surface area contributed by atoms with E-state index in [9.17, 15) is 0 Å². The summed E-state index contributed by atoms with van der Waals surface area (Å²) in [5.74, 6) is 0. The Hall–Kier alpha value is -1.34. The molecule has 0 spiro atoms. The van der Waals surface area contributed by atoms with E-state index in [0.717, 1.165) is 12.0 Å². The van der Waals surface area contributed by atoms with Crippen LogP contribution in [0.25, 0.3) is 0 Å². The smallest absolute Gasteiger partial charge is 0.0681 e. The van der Waals surface area contributed by atoms with E-state index in [0.29, 0.717) is 0 Å². The van der Waals surface area contributed by atoms with Crippen molar-refractivity contribution in [1.82, 2.24) is 0 Å². The lowest BCUT2D eigenvalue weighted by Gasteiger charge is -1.99. The average molecular weight is 174 g/mol. The summed E-state index contributed by atoms with van der Waals surface area (Å²) >= 11 is 0. The second-order valence-electron chi connectivity index (χ2n) is 2.85. The van der Waals surface area contributed by atoms with Crippen molar-refractivity contribution in [3.63, 3.8) is 0 Å². The lowest BCUT2D eigenvalue weighted by molar-refractivity contribution is 0.282. The van der Waals surface area contributed by atoms with Gasteiger partial charge in [0, 0.05) is 0 Å². The van der Waals surface area contributed by atoms with E-state index in [1.165, 1.54) is 5.56 Å². The molecule has 1 nitrogen and oxygen atoms in total. The molecule has 68 valence electrons. The Kier molecular flexibility index (Phi) is 4.00. The first-order valence-electron chi connectivity index (χ1n) is 4.33. The third-order valence-corrected chi connectivity index (χ3v) is 1.80. The molecule has 0 aliphatic heterocycles. The summed E-state index contributed by atoms with van der Waals surface area (Å²) in [5.41, 5.74) is 2.18. The summed E-state index contributed by atoms with van der Waals surface area (Å²) in [6.07, 6.45) is 6.62. The largest absolute Gasteiger partial charge is 0.392 e. The van der Waals surface area contributed by atoms with E-state index < -0.39 is 0 Å². The zero-order chi connectivity index (χ0) is 9.52. The van der Waals surface area contributed by atoms with Crippen molar-refractivity contribution in [3.8, 4) is 0 Å². The van der Waals surface area contributed by atoms with Crippen LogP contribution in [0.3, 0.4) is 0 Å². The number of aliphatic hydroxyl groups is 1. The lowest BCUT2D eigenvalue weighted by Crippen LogP contribution is -1.86. The molecule has 0 aromatic heterocycles. The SMILES string of the molecule is C=CC=CCc1cccc(CO)c1. The molecule has 1 rings (SSSR count). The monoisotopic (exact) mass is 174 g/mol. The Morgan fingerprint density at radius 3 is 2.77 bits per heavy atom. The van der Waals surface area contributed by atoms with Gasteiger partial charge in [-0.3, -0.25) is 0 Å². The number of allylic oxidation sites excluding steroid dienone is 3. The van der Waals surface area contributed by atoms with Crippen LogP contribution in [0.5, 0.6) is 0 Å². The van der Waals surface area contributed by atoms with Crippen LogP contribution in [0, 0.1) is 0 Å². The first kappa shape index (κ1) is 9.75. The van der Waals surface area contributed by atoms with Crippen molar-refractivity contribution >= 4 is 0 Å². The summed E-state index contributed by atoms with van der Waals surface area (Å²) < 4.78 is 0. The number of rotatable bonds is 4. The minimum atomic E-state index is 0.110. The highest BCUT2D eigenvalue weighted by molar-refractivity contribution is 5.24. The van der Waals surface area contributed by atoms with Gasteiger partial charge in [-0.15, -0.1) is 0 Å². The molecule has 1 N–H and O–H groups in total.